The van der Waals surface area contributed by atoms with Gasteiger partial charge in [0.2, 0.25) is 10.0 Å². The zero-order chi connectivity index (χ0) is 21.9. The minimum atomic E-state index is -3.98. The minimum absolute atomic E-state index is 0.0583. The first-order valence-corrected chi connectivity index (χ1v) is 10.7. The molecule has 0 radical (unpaired) electrons. The SMILES string of the molecule is COC(=O)/C=C/c1cc(OC)c(OC)c(S(=O)(=O)N2CCCC2c2cc(C)no2)c1. The molecule has 1 unspecified atom stereocenters. The van der Waals surface area contributed by atoms with E-state index in [9.17, 15) is 13.2 Å². The van der Waals surface area contributed by atoms with Gasteiger partial charge in [-0.1, -0.05) is 5.16 Å². The summed E-state index contributed by atoms with van der Waals surface area (Å²) in [6.07, 6.45) is 3.96. The highest BCUT2D eigenvalue weighted by Gasteiger charge is 2.40. The molecule has 0 bridgehead atoms. The van der Waals surface area contributed by atoms with Crippen molar-refractivity contribution in [3.63, 3.8) is 0 Å². The van der Waals surface area contributed by atoms with Crippen LogP contribution in [-0.4, -0.2) is 51.7 Å². The Morgan fingerprint density at radius 1 is 1.23 bits per heavy atom. The molecule has 1 aromatic carbocycles. The van der Waals surface area contributed by atoms with E-state index in [0.717, 1.165) is 0 Å². The fraction of sp³-hybridized carbons (Fsp3) is 0.400. The van der Waals surface area contributed by atoms with E-state index >= 15 is 0 Å². The van der Waals surface area contributed by atoms with Gasteiger partial charge >= 0.3 is 5.97 Å². The van der Waals surface area contributed by atoms with Crippen LogP contribution in [-0.2, 0) is 19.6 Å². The van der Waals surface area contributed by atoms with Crippen molar-refractivity contribution >= 4 is 22.1 Å². The molecular formula is C20H24N2O7S. The lowest BCUT2D eigenvalue weighted by atomic mass is 10.2. The molecule has 162 valence electrons. The van der Waals surface area contributed by atoms with Crippen LogP contribution in [0, 0.1) is 6.92 Å². The van der Waals surface area contributed by atoms with Gasteiger partial charge in [0.15, 0.2) is 17.3 Å². The summed E-state index contributed by atoms with van der Waals surface area (Å²) in [7, 11) is 0.0733. The molecule has 10 heteroatoms. The van der Waals surface area contributed by atoms with E-state index in [1.807, 2.05) is 0 Å². The van der Waals surface area contributed by atoms with Crippen LogP contribution in [0.4, 0.5) is 0 Å². The zero-order valence-corrected chi connectivity index (χ0v) is 18.1. The molecule has 1 saturated heterocycles. The molecule has 3 rings (SSSR count). The van der Waals surface area contributed by atoms with E-state index in [2.05, 4.69) is 9.89 Å². The van der Waals surface area contributed by atoms with Crippen LogP contribution in [0.2, 0.25) is 0 Å². The molecule has 0 spiro atoms. The van der Waals surface area contributed by atoms with E-state index < -0.39 is 22.0 Å². The van der Waals surface area contributed by atoms with Crippen molar-refractivity contribution in [3.05, 3.63) is 41.3 Å². The Morgan fingerprint density at radius 3 is 2.60 bits per heavy atom. The van der Waals surface area contributed by atoms with Crippen LogP contribution in [0.5, 0.6) is 11.5 Å². The fourth-order valence-corrected chi connectivity index (χ4v) is 5.32. The van der Waals surface area contributed by atoms with Gasteiger partial charge < -0.3 is 18.7 Å². The molecule has 1 atom stereocenters. The first-order valence-electron chi connectivity index (χ1n) is 9.29. The summed E-state index contributed by atoms with van der Waals surface area (Å²) in [4.78, 5) is 11.4. The summed E-state index contributed by atoms with van der Waals surface area (Å²) in [5.41, 5.74) is 1.13. The summed E-state index contributed by atoms with van der Waals surface area (Å²) in [5.74, 6) is 0.261. The van der Waals surface area contributed by atoms with E-state index in [1.165, 1.54) is 43.9 Å². The number of ether oxygens (including phenoxy) is 3. The van der Waals surface area contributed by atoms with Gasteiger partial charge in [-0.15, -0.1) is 0 Å². The highest BCUT2D eigenvalue weighted by Crippen LogP contribution is 2.42. The monoisotopic (exact) mass is 436 g/mol. The Kier molecular flexibility index (Phi) is 6.47. The van der Waals surface area contributed by atoms with Crippen LogP contribution in [0.15, 0.2) is 33.7 Å². The third-order valence-electron chi connectivity index (χ3n) is 4.85. The molecular weight excluding hydrogens is 412 g/mol. The molecule has 1 aromatic heterocycles. The highest BCUT2D eigenvalue weighted by molar-refractivity contribution is 7.89. The first-order chi connectivity index (χ1) is 14.3. The third-order valence-corrected chi connectivity index (χ3v) is 6.76. The smallest absolute Gasteiger partial charge is 0.330 e. The van der Waals surface area contributed by atoms with Crippen molar-refractivity contribution in [3.8, 4) is 11.5 Å². The van der Waals surface area contributed by atoms with Crippen molar-refractivity contribution in [1.29, 1.82) is 0 Å². The van der Waals surface area contributed by atoms with E-state index in [4.69, 9.17) is 14.0 Å². The van der Waals surface area contributed by atoms with Crippen LogP contribution < -0.4 is 9.47 Å². The maximum absolute atomic E-state index is 13.6. The van der Waals surface area contributed by atoms with E-state index in [-0.39, 0.29) is 16.4 Å². The second-order valence-corrected chi connectivity index (χ2v) is 8.61. The molecule has 0 N–H and O–H groups in total. The number of aryl methyl sites for hydroxylation is 1. The van der Waals surface area contributed by atoms with Crippen molar-refractivity contribution in [2.45, 2.75) is 30.7 Å². The molecule has 0 saturated carbocycles. The zero-order valence-electron chi connectivity index (χ0n) is 17.2. The predicted octanol–water partition coefficient (Wildman–Crippen LogP) is 2.71. The average molecular weight is 436 g/mol. The number of benzene rings is 1. The highest BCUT2D eigenvalue weighted by atomic mass is 32.2. The molecule has 2 aromatic rings. The number of nitrogens with zero attached hydrogens (tertiary/aromatic N) is 2. The van der Waals surface area contributed by atoms with Crippen molar-refractivity contribution in [2.75, 3.05) is 27.9 Å². The molecule has 0 amide bonds. The average Bonchev–Trinajstić information content (AvgIpc) is 3.40. The number of rotatable bonds is 7. The summed E-state index contributed by atoms with van der Waals surface area (Å²) in [6.45, 7) is 2.12. The number of hydrogen-bond donors (Lipinski definition) is 0. The van der Waals surface area contributed by atoms with Gasteiger partial charge in [-0.25, -0.2) is 13.2 Å². The molecule has 30 heavy (non-hydrogen) atoms. The third kappa shape index (κ3) is 4.19. The number of sulfonamides is 1. The van der Waals surface area contributed by atoms with Crippen molar-refractivity contribution in [2.24, 2.45) is 0 Å². The maximum atomic E-state index is 13.6. The normalized spacial score (nSPS) is 17.4. The number of esters is 1. The number of carbonyl (C=O) groups excluding carboxylic acids is 1. The topological polar surface area (TPSA) is 108 Å². The molecule has 2 heterocycles. The summed E-state index contributed by atoms with van der Waals surface area (Å²) >= 11 is 0. The fourth-order valence-electron chi connectivity index (χ4n) is 3.45. The number of aromatic nitrogens is 1. The molecule has 9 nitrogen and oxygen atoms in total. The first kappa shape index (κ1) is 21.8. The molecule has 1 fully saturated rings. The Hall–Kier alpha value is -2.85. The lowest BCUT2D eigenvalue weighted by Gasteiger charge is -2.24. The standard InChI is InChI=1S/C20H24N2O7S/c1-13-10-16(29-21-13)15-6-5-9-22(15)30(24,25)18-12-14(7-8-19(23)27-3)11-17(26-2)20(18)28-4/h7-8,10-12,15H,5-6,9H2,1-4H3/b8-7+. The van der Waals surface area contributed by atoms with Gasteiger partial charge in [0.1, 0.15) is 4.90 Å². The number of hydrogen-bond acceptors (Lipinski definition) is 8. The van der Waals surface area contributed by atoms with Gasteiger partial charge in [-0.05, 0) is 43.5 Å². The van der Waals surface area contributed by atoms with Gasteiger partial charge in [-0.2, -0.15) is 4.31 Å². The van der Waals surface area contributed by atoms with Gasteiger partial charge in [-0.3, -0.25) is 0 Å². The second-order valence-electron chi connectivity index (χ2n) is 6.76. The second kappa shape index (κ2) is 8.88. The summed E-state index contributed by atoms with van der Waals surface area (Å²) in [6, 6.07) is 4.31. The number of carbonyl (C=O) groups is 1. The van der Waals surface area contributed by atoms with Gasteiger partial charge in [0, 0.05) is 18.7 Å². The predicted molar refractivity (Wildman–Crippen MR) is 108 cm³/mol. The summed E-state index contributed by atoms with van der Waals surface area (Å²) < 4.78 is 49.3. The van der Waals surface area contributed by atoms with Crippen molar-refractivity contribution in [1.82, 2.24) is 9.46 Å². The van der Waals surface area contributed by atoms with Crippen LogP contribution in [0.1, 0.15) is 35.9 Å². The molecule has 1 aliphatic heterocycles. The number of methoxy groups -OCH3 is 3. The van der Waals surface area contributed by atoms with Crippen LogP contribution in [0.25, 0.3) is 6.08 Å². The Bertz CT molecular complexity index is 1060. The Morgan fingerprint density at radius 2 is 2.00 bits per heavy atom. The summed E-state index contributed by atoms with van der Waals surface area (Å²) in [5, 5.41) is 3.88. The van der Waals surface area contributed by atoms with E-state index in [1.54, 1.807) is 19.1 Å². The van der Waals surface area contributed by atoms with Crippen molar-refractivity contribution < 1.29 is 31.9 Å². The Labute approximate surface area is 175 Å². The Balaban J connectivity index is 2.09. The minimum Gasteiger partial charge on any atom is -0.493 e. The van der Waals surface area contributed by atoms with Gasteiger partial charge in [0.05, 0.1) is 33.1 Å². The van der Waals surface area contributed by atoms with Crippen LogP contribution >= 0.6 is 0 Å². The lowest BCUT2D eigenvalue weighted by Crippen LogP contribution is -2.31. The van der Waals surface area contributed by atoms with Crippen LogP contribution in [0.3, 0.4) is 0 Å². The lowest BCUT2D eigenvalue weighted by molar-refractivity contribution is -0.134. The molecule has 0 aliphatic carbocycles. The maximum Gasteiger partial charge on any atom is 0.330 e. The largest absolute Gasteiger partial charge is 0.493 e. The van der Waals surface area contributed by atoms with E-state index in [0.29, 0.717) is 36.4 Å². The molecule has 1 aliphatic rings. The quantitative estimate of drug-likeness (QED) is 0.482. The van der Waals surface area contributed by atoms with Gasteiger partial charge in [0.25, 0.3) is 0 Å².